The molecule has 106 valence electrons. The maximum Gasteiger partial charge on any atom is 0.255 e. The number of carbonyl (C=O) groups is 1. The van der Waals surface area contributed by atoms with Crippen molar-refractivity contribution in [3.8, 4) is 0 Å². The summed E-state index contributed by atoms with van der Waals surface area (Å²) < 4.78 is 0. The molecule has 0 aliphatic rings. The molecule has 1 aromatic rings. The largest absolute Gasteiger partial charge is 0.399 e. The number of aliphatic hydroxyl groups excluding tert-OH is 1. The first-order valence-electron chi connectivity index (χ1n) is 6.33. The minimum atomic E-state index is -0.364. The third-order valence-electron chi connectivity index (χ3n) is 2.95. The van der Waals surface area contributed by atoms with E-state index < -0.39 is 0 Å². The fraction of sp³-hybridized carbons (Fsp3) is 0.500. The number of rotatable bonds is 5. The first-order valence-corrected chi connectivity index (χ1v) is 6.33. The van der Waals surface area contributed by atoms with Gasteiger partial charge in [-0.1, -0.05) is 0 Å². The summed E-state index contributed by atoms with van der Waals surface area (Å²) in [4.78, 5) is 15.6. The van der Waals surface area contributed by atoms with Gasteiger partial charge in [0.25, 0.3) is 5.91 Å². The molecule has 0 radical (unpaired) electrons. The fourth-order valence-electron chi connectivity index (χ4n) is 1.79. The second-order valence-electron chi connectivity index (χ2n) is 5.04. The molecule has 0 spiro atoms. The van der Waals surface area contributed by atoms with Crippen LogP contribution in [0.5, 0.6) is 0 Å². The summed E-state index contributed by atoms with van der Waals surface area (Å²) >= 11 is 0. The van der Waals surface area contributed by atoms with Crippen molar-refractivity contribution in [2.45, 2.75) is 19.4 Å². The summed E-state index contributed by atoms with van der Waals surface area (Å²) in [6, 6.07) is 5.26. The van der Waals surface area contributed by atoms with E-state index in [0.717, 1.165) is 5.69 Å². The Morgan fingerprint density at radius 2 is 2.00 bits per heavy atom. The highest BCUT2D eigenvalue weighted by Crippen LogP contribution is 2.24. The zero-order valence-electron chi connectivity index (χ0n) is 12.1. The monoisotopic (exact) mass is 265 g/mol. The van der Waals surface area contributed by atoms with Gasteiger partial charge in [0.2, 0.25) is 0 Å². The van der Waals surface area contributed by atoms with Gasteiger partial charge in [0.05, 0.1) is 17.4 Å². The SMILES string of the molecule is CC(O)CCN(C)c1cc(N)ccc1C(=O)N(C)C. The predicted molar refractivity (Wildman–Crippen MR) is 78.4 cm³/mol. The lowest BCUT2D eigenvalue weighted by Gasteiger charge is -2.24. The molecular weight excluding hydrogens is 242 g/mol. The van der Waals surface area contributed by atoms with Crippen LogP contribution in [-0.2, 0) is 0 Å². The van der Waals surface area contributed by atoms with Crippen LogP contribution in [0.1, 0.15) is 23.7 Å². The Kier molecular flexibility index (Phi) is 5.18. The van der Waals surface area contributed by atoms with Crippen molar-refractivity contribution < 1.29 is 9.90 Å². The van der Waals surface area contributed by atoms with Crippen LogP contribution in [0.4, 0.5) is 11.4 Å². The van der Waals surface area contributed by atoms with Gasteiger partial charge in [-0.25, -0.2) is 0 Å². The molecule has 5 nitrogen and oxygen atoms in total. The van der Waals surface area contributed by atoms with Crippen molar-refractivity contribution in [2.24, 2.45) is 0 Å². The Balaban J connectivity index is 3.03. The van der Waals surface area contributed by atoms with Gasteiger partial charge < -0.3 is 20.6 Å². The molecule has 0 aliphatic heterocycles. The topological polar surface area (TPSA) is 69.8 Å². The Labute approximate surface area is 114 Å². The van der Waals surface area contributed by atoms with Crippen LogP contribution in [0.3, 0.4) is 0 Å². The molecule has 1 rings (SSSR count). The number of hydrogen-bond donors (Lipinski definition) is 2. The number of nitrogens with zero attached hydrogens (tertiary/aromatic N) is 2. The molecule has 0 aromatic heterocycles. The lowest BCUT2D eigenvalue weighted by molar-refractivity contribution is 0.0828. The highest BCUT2D eigenvalue weighted by molar-refractivity contribution is 6.00. The van der Waals surface area contributed by atoms with E-state index in [1.807, 2.05) is 11.9 Å². The van der Waals surface area contributed by atoms with Gasteiger partial charge in [0, 0.05) is 33.4 Å². The van der Waals surface area contributed by atoms with E-state index >= 15 is 0 Å². The number of anilines is 2. The van der Waals surface area contributed by atoms with E-state index in [0.29, 0.717) is 24.2 Å². The Morgan fingerprint density at radius 1 is 1.37 bits per heavy atom. The first-order chi connectivity index (χ1) is 8.82. The Morgan fingerprint density at radius 3 is 2.53 bits per heavy atom. The van der Waals surface area contributed by atoms with Crippen molar-refractivity contribution in [1.29, 1.82) is 0 Å². The maximum absolute atomic E-state index is 12.1. The van der Waals surface area contributed by atoms with E-state index in [9.17, 15) is 9.90 Å². The summed E-state index contributed by atoms with van der Waals surface area (Å²) in [5, 5.41) is 9.34. The Hall–Kier alpha value is -1.75. The van der Waals surface area contributed by atoms with Gasteiger partial charge in [-0.3, -0.25) is 4.79 Å². The average molecular weight is 265 g/mol. The molecule has 19 heavy (non-hydrogen) atoms. The molecule has 3 N–H and O–H groups in total. The number of nitrogens with two attached hydrogens (primary N) is 1. The van der Waals surface area contributed by atoms with Gasteiger partial charge in [-0.05, 0) is 31.5 Å². The van der Waals surface area contributed by atoms with Gasteiger partial charge in [0.1, 0.15) is 0 Å². The average Bonchev–Trinajstić information content (AvgIpc) is 2.34. The normalized spacial score (nSPS) is 12.1. The van der Waals surface area contributed by atoms with E-state index in [-0.39, 0.29) is 12.0 Å². The second-order valence-corrected chi connectivity index (χ2v) is 5.04. The van der Waals surface area contributed by atoms with Crippen LogP contribution in [0.25, 0.3) is 0 Å². The molecular formula is C14H23N3O2. The zero-order chi connectivity index (χ0) is 14.6. The van der Waals surface area contributed by atoms with Crippen LogP contribution < -0.4 is 10.6 Å². The summed E-state index contributed by atoms with van der Waals surface area (Å²) in [6.45, 7) is 2.41. The standard InChI is InChI=1S/C14H23N3O2/c1-10(18)7-8-17(4)13-9-11(15)5-6-12(13)14(19)16(2)3/h5-6,9-10,18H,7-8,15H2,1-4H3. The molecule has 0 aliphatic carbocycles. The Bertz CT molecular complexity index is 444. The fourth-order valence-corrected chi connectivity index (χ4v) is 1.79. The summed E-state index contributed by atoms with van der Waals surface area (Å²) in [5.41, 5.74) is 7.83. The van der Waals surface area contributed by atoms with Gasteiger partial charge >= 0.3 is 0 Å². The third-order valence-corrected chi connectivity index (χ3v) is 2.95. The molecule has 5 heteroatoms. The van der Waals surface area contributed by atoms with E-state index in [4.69, 9.17) is 5.73 Å². The van der Waals surface area contributed by atoms with Crippen molar-refractivity contribution in [3.05, 3.63) is 23.8 Å². The molecule has 1 unspecified atom stereocenters. The lowest BCUT2D eigenvalue weighted by atomic mass is 10.1. The number of nitrogen functional groups attached to an aromatic ring is 1. The summed E-state index contributed by atoms with van der Waals surface area (Å²) in [5.74, 6) is -0.0566. The molecule has 0 heterocycles. The van der Waals surface area contributed by atoms with Crippen LogP contribution in [0.2, 0.25) is 0 Å². The van der Waals surface area contributed by atoms with Crippen LogP contribution in [-0.4, -0.2) is 49.7 Å². The van der Waals surface area contributed by atoms with E-state index in [1.54, 1.807) is 39.2 Å². The zero-order valence-corrected chi connectivity index (χ0v) is 12.1. The van der Waals surface area contributed by atoms with Gasteiger partial charge in [-0.2, -0.15) is 0 Å². The summed E-state index contributed by atoms with van der Waals surface area (Å²) in [6.07, 6.45) is 0.275. The maximum atomic E-state index is 12.1. The second kappa shape index (κ2) is 6.43. The number of aliphatic hydroxyl groups is 1. The van der Waals surface area contributed by atoms with Crippen LogP contribution in [0.15, 0.2) is 18.2 Å². The molecule has 1 amide bonds. The van der Waals surface area contributed by atoms with Crippen molar-refractivity contribution in [2.75, 3.05) is 38.3 Å². The smallest absolute Gasteiger partial charge is 0.255 e. The molecule has 1 aromatic carbocycles. The third kappa shape index (κ3) is 4.13. The van der Waals surface area contributed by atoms with Crippen molar-refractivity contribution in [3.63, 3.8) is 0 Å². The van der Waals surface area contributed by atoms with Crippen LogP contribution in [0, 0.1) is 0 Å². The molecule has 0 bridgehead atoms. The quantitative estimate of drug-likeness (QED) is 0.784. The van der Waals surface area contributed by atoms with Crippen molar-refractivity contribution in [1.82, 2.24) is 4.90 Å². The van der Waals surface area contributed by atoms with Crippen molar-refractivity contribution >= 4 is 17.3 Å². The highest BCUT2D eigenvalue weighted by Gasteiger charge is 2.16. The predicted octanol–water partition coefficient (Wildman–Crippen LogP) is 1.18. The minimum absolute atomic E-state index is 0.0566. The highest BCUT2D eigenvalue weighted by atomic mass is 16.3. The van der Waals surface area contributed by atoms with Gasteiger partial charge in [-0.15, -0.1) is 0 Å². The van der Waals surface area contributed by atoms with E-state index in [2.05, 4.69) is 0 Å². The molecule has 0 saturated carbocycles. The van der Waals surface area contributed by atoms with E-state index in [1.165, 1.54) is 4.90 Å². The molecule has 0 fully saturated rings. The van der Waals surface area contributed by atoms with Gasteiger partial charge in [0.15, 0.2) is 0 Å². The first kappa shape index (κ1) is 15.3. The molecule has 0 saturated heterocycles. The number of amides is 1. The summed E-state index contributed by atoms with van der Waals surface area (Å²) in [7, 11) is 5.33. The van der Waals surface area contributed by atoms with Crippen LogP contribution >= 0.6 is 0 Å². The molecule has 1 atom stereocenters. The number of benzene rings is 1. The lowest BCUT2D eigenvalue weighted by Crippen LogP contribution is -2.27. The number of carbonyl (C=O) groups excluding carboxylic acids is 1. The number of hydrogen-bond acceptors (Lipinski definition) is 4. The minimum Gasteiger partial charge on any atom is -0.399 e.